The predicted molar refractivity (Wildman–Crippen MR) is 155 cm³/mol. The monoisotopic (exact) mass is 568 g/mol. The number of amides is 2. The second-order valence-electron chi connectivity index (χ2n) is 9.70. The second kappa shape index (κ2) is 14.3. The Morgan fingerprint density at radius 1 is 0.929 bits per heavy atom. The van der Waals surface area contributed by atoms with Gasteiger partial charge in [0.05, 0.1) is 31.1 Å². The molecule has 1 fully saturated rings. The van der Waals surface area contributed by atoms with E-state index in [1.807, 2.05) is 66.7 Å². The number of hydrogen-bond donors (Lipinski definition) is 2. The molecule has 0 unspecified atom stereocenters. The summed E-state index contributed by atoms with van der Waals surface area (Å²) >= 11 is 0. The molecule has 2 aromatic heterocycles. The Kier molecular flexibility index (Phi) is 9.78. The molecule has 3 heterocycles. The van der Waals surface area contributed by atoms with E-state index in [0.29, 0.717) is 25.6 Å². The zero-order valence-corrected chi connectivity index (χ0v) is 23.0. The lowest BCUT2D eigenvalue weighted by molar-refractivity contribution is -0.147. The van der Waals surface area contributed by atoms with E-state index < -0.39 is 23.6 Å². The zero-order valence-electron chi connectivity index (χ0n) is 23.0. The van der Waals surface area contributed by atoms with Crippen molar-refractivity contribution in [3.8, 4) is 17.1 Å². The highest BCUT2D eigenvalue weighted by molar-refractivity contribution is 6.38. The van der Waals surface area contributed by atoms with Crippen LogP contribution in [0.1, 0.15) is 15.9 Å². The predicted octanol–water partition coefficient (Wildman–Crippen LogP) is 2.22. The molecule has 0 spiro atoms. The van der Waals surface area contributed by atoms with Crippen molar-refractivity contribution >= 4 is 17.6 Å². The maximum atomic E-state index is 13.6. The van der Waals surface area contributed by atoms with Crippen molar-refractivity contribution < 1.29 is 24.0 Å². The van der Waals surface area contributed by atoms with Crippen LogP contribution in [0.3, 0.4) is 0 Å². The molecule has 0 bridgehead atoms. The molecule has 1 aliphatic rings. The van der Waals surface area contributed by atoms with Gasteiger partial charge in [0.25, 0.3) is 5.91 Å². The van der Waals surface area contributed by atoms with Crippen LogP contribution in [0.4, 0.5) is 0 Å². The van der Waals surface area contributed by atoms with E-state index in [0.717, 1.165) is 29.9 Å². The van der Waals surface area contributed by atoms with Crippen molar-refractivity contribution in [2.75, 3.05) is 39.5 Å². The van der Waals surface area contributed by atoms with Crippen LogP contribution < -0.4 is 10.8 Å². The van der Waals surface area contributed by atoms with Gasteiger partial charge in [-0.2, -0.15) is 5.10 Å². The second-order valence-corrected chi connectivity index (χ2v) is 9.70. The van der Waals surface area contributed by atoms with Crippen LogP contribution in [-0.4, -0.2) is 82.8 Å². The topological polar surface area (TPSA) is 128 Å². The number of nitrogens with one attached hydrogen (secondary N) is 2. The number of ether oxygens (including phenoxy) is 1. The van der Waals surface area contributed by atoms with Crippen LogP contribution in [0.5, 0.6) is 0 Å². The van der Waals surface area contributed by atoms with Crippen LogP contribution in [0, 0.1) is 0 Å². The lowest BCUT2D eigenvalue weighted by Crippen LogP contribution is -2.49. The number of morpholine rings is 1. The van der Waals surface area contributed by atoms with Crippen LogP contribution in [0.15, 0.2) is 91.3 Å². The van der Waals surface area contributed by atoms with Crippen molar-refractivity contribution in [1.82, 2.24) is 30.5 Å². The molecule has 0 aliphatic carbocycles. The van der Waals surface area contributed by atoms with Gasteiger partial charge in [0.1, 0.15) is 6.04 Å². The number of Topliss-reactive ketones (excluding diaryl/α,β-unsaturated/α-hetero) is 1. The van der Waals surface area contributed by atoms with Gasteiger partial charge in [-0.1, -0.05) is 60.7 Å². The first kappa shape index (κ1) is 28.8. The van der Waals surface area contributed by atoms with Crippen LogP contribution >= 0.6 is 0 Å². The van der Waals surface area contributed by atoms with Gasteiger partial charge in [-0.05, 0) is 23.8 Å². The first-order valence-electron chi connectivity index (χ1n) is 13.8. The first-order chi connectivity index (χ1) is 20.6. The molecule has 1 saturated heterocycles. The fraction of sp³-hybridized carbons (Fsp3) is 0.258. The molecule has 11 heteroatoms. The van der Waals surface area contributed by atoms with Crippen molar-refractivity contribution in [2.24, 2.45) is 0 Å². The summed E-state index contributed by atoms with van der Waals surface area (Å²) in [6.45, 7) is 3.67. The third-order valence-corrected chi connectivity index (χ3v) is 6.81. The highest BCUT2D eigenvalue weighted by Crippen LogP contribution is 2.19. The Morgan fingerprint density at radius 3 is 2.43 bits per heavy atom. The molecule has 2 N–H and O–H groups in total. The largest absolute Gasteiger partial charge is 0.379 e. The molecule has 2 aromatic carbocycles. The Hall–Kier alpha value is -4.71. The fourth-order valence-electron chi connectivity index (χ4n) is 4.58. The van der Waals surface area contributed by atoms with E-state index in [-0.39, 0.29) is 18.6 Å². The first-order valence-corrected chi connectivity index (χ1v) is 13.8. The number of pyridine rings is 1. The minimum absolute atomic E-state index is 0.113. The number of ketones is 1. The van der Waals surface area contributed by atoms with Gasteiger partial charge in [0.2, 0.25) is 5.78 Å². The van der Waals surface area contributed by atoms with Crippen LogP contribution in [0.2, 0.25) is 0 Å². The number of carbonyl (C=O) groups excluding carboxylic acids is 3. The summed E-state index contributed by atoms with van der Waals surface area (Å²) in [5.41, 5.74) is 4.85. The molecule has 11 nitrogen and oxygen atoms in total. The maximum Gasteiger partial charge on any atom is 0.313 e. The molecule has 216 valence electrons. The Balaban J connectivity index is 1.28. The lowest BCUT2D eigenvalue weighted by atomic mass is 10.0. The molecule has 4 aromatic rings. The summed E-state index contributed by atoms with van der Waals surface area (Å²) < 4.78 is 6.84. The van der Waals surface area contributed by atoms with E-state index in [4.69, 9.17) is 9.57 Å². The number of carbonyl (C=O) groups is 3. The van der Waals surface area contributed by atoms with Gasteiger partial charge in [0, 0.05) is 44.0 Å². The Bertz CT molecular complexity index is 1490. The van der Waals surface area contributed by atoms with Gasteiger partial charge >= 0.3 is 5.91 Å². The van der Waals surface area contributed by atoms with E-state index in [2.05, 4.69) is 25.8 Å². The Labute approximate surface area is 243 Å². The van der Waals surface area contributed by atoms with Crippen molar-refractivity contribution in [2.45, 2.75) is 12.5 Å². The minimum atomic E-state index is -1.15. The van der Waals surface area contributed by atoms with E-state index in [9.17, 15) is 14.4 Å². The van der Waals surface area contributed by atoms with Gasteiger partial charge in [0.15, 0.2) is 5.82 Å². The highest BCUT2D eigenvalue weighted by atomic mass is 16.7. The molecule has 42 heavy (non-hydrogen) atoms. The normalized spacial score (nSPS) is 14.2. The molecular formula is C31H32N6O5. The van der Waals surface area contributed by atoms with E-state index >= 15 is 0 Å². The summed E-state index contributed by atoms with van der Waals surface area (Å²) in [6.07, 6.45) is 3.39. The van der Waals surface area contributed by atoms with Gasteiger partial charge in [-0.15, -0.1) is 0 Å². The lowest BCUT2D eigenvalue weighted by Gasteiger charge is -2.26. The molecular weight excluding hydrogens is 536 g/mol. The summed E-state index contributed by atoms with van der Waals surface area (Å²) in [7, 11) is 0. The number of hydrogen-bond acceptors (Lipinski definition) is 8. The van der Waals surface area contributed by atoms with Crippen molar-refractivity contribution in [1.29, 1.82) is 0 Å². The van der Waals surface area contributed by atoms with E-state index in [1.54, 1.807) is 24.5 Å². The zero-order chi connectivity index (χ0) is 29.1. The third kappa shape index (κ3) is 7.52. The fourth-order valence-corrected chi connectivity index (χ4v) is 4.58. The average Bonchev–Trinajstić information content (AvgIpc) is 3.54. The number of nitrogens with zero attached hydrogens (tertiary/aromatic N) is 4. The Morgan fingerprint density at radius 2 is 1.67 bits per heavy atom. The third-order valence-electron chi connectivity index (χ3n) is 6.81. The summed E-state index contributed by atoms with van der Waals surface area (Å²) in [6, 6.07) is 22.7. The van der Waals surface area contributed by atoms with E-state index in [1.165, 1.54) is 4.68 Å². The number of benzene rings is 2. The maximum absolute atomic E-state index is 13.6. The van der Waals surface area contributed by atoms with Crippen molar-refractivity contribution in [3.63, 3.8) is 0 Å². The van der Waals surface area contributed by atoms with Gasteiger partial charge in [-0.25, -0.2) is 15.1 Å². The molecule has 5 rings (SSSR count). The SMILES string of the molecule is O=C(NOCCN1CCOCC1)C(=O)[C@@H](Cc1ccccc1)NC(=O)c1cccnc1-n1ccc(-c2ccccc2)n1. The number of hydroxylamine groups is 1. The molecule has 1 atom stereocenters. The summed E-state index contributed by atoms with van der Waals surface area (Å²) in [5, 5.41) is 7.34. The number of rotatable bonds is 12. The molecule has 0 saturated carbocycles. The minimum Gasteiger partial charge on any atom is -0.379 e. The molecule has 0 radical (unpaired) electrons. The van der Waals surface area contributed by atoms with Gasteiger partial charge in [-0.3, -0.25) is 24.1 Å². The van der Waals surface area contributed by atoms with Crippen LogP contribution in [0.25, 0.3) is 17.1 Å². The number of aromatic nitrogens is 3. The quantitative estimate of drug-likeness (QED) is 0.151. The average molecular weight is 569 g/mol. The standard InChI is InChI=1S/C31H32N6O5/c38-28(31(40)35-42-21-18-36-16-19-41-20-17-36)27(22-23-8-3-1-4-9-23)33-30(39)25-12-7-14-32-29(25)37-15-13-26(34-37)24-10-5-2-6-11-24/h1-15,27H,16-22H2,(H,33,39)(H,35,40)/t27-/m1/s1. The highest BCUT2D eigenvalue weighted by Gasteiger charge is 2.29. The van der Waals surface area contributed by atoms with Crippen LogP contribution in [-0.2, 0) is 25.6 Å². The summed E-state index contributed by atoms with van der Waals surface area (Å²) in [5.74, 6) is -2.04. The molecule has 2 amide bonds. The van der Waals surface area contributed by atoms with Crippen molar-refractivity contribution in [3.05, 3.63) is 102 Å². The summed E-state index contributed by atoms with van der Waals surface area (Å²) in [4.78, 5) is 51.4. The van der Waals surface area contributed by atoms with Gasteiger partial charge < -0.3 is 10.1 Å². The smallest absolute Gasteiger partial charge is 0.313 e. The molecule has 1 aliphatic heterocycles.